The molecule has 0 atom stereocenters. The molecule has 1 fully saturated rings. The second kappa shape index (κ2) is 10.7. The zero-order chi connectivity index (χ0) is 15.8. The summed E-state index contributed by atoms with van der Waals surface area (Å²) in [5, 5.41) is 7.59. The molecule has 1 heterocycles. The monoisotopic (exact) mass is 342 g/mol. The highest BCUT2D eigenvalue weighted by molar-refractivity contribution is 5.89. The Labute approximate surface area is 145 Å². The first kappa shape index (κ1) is 20.0. The summed E-state index contributed by atoms with van der Waals surface area (Å²) in [6, 6.07) is 2.06. The van der Waals surface area contributed by atoms with Gasteiger partial charge >= 0.3 is 0 Å². The Bertz CT molecular complexity index is 469. The number of hydrogen-bond acceptors (Lipinski definition) is 3. The Hall–Kier alpha value is -1.07. The summed E-state index contributed by atoms with van der Waals surface area (Å²) < 4.78 is 1.80. The van der Waals surface area contributed by atoms with E-state index in [2.05, 4.69) is 16.5 Å². The van der Waals surface area contributed by atoms with Gasteiger partial charge in [0.05, 0.1) is 5.69 Å². The fourth-order valence-corrected chi connectivity index (χ4v) is 3.19. The zero-order valence-corrected chi connectivity index (χ0v) is 15.0. The van der Waals surface area contributed by atoms with E-state index in [0.29, 0.717) is 12.3 Å². The van der Waals surface area contributed by atoms with Crippen molar-refractivity contribution in [3.8, 4) is 0 Å². The van der Waals surface area contributed by atoms with Crippen molar-refractivity contribution in [3.63, 3.8) is 0 Å². The van der Waals surface area contributed by atoms with E-state index in [1.807, 2.05) is 7.05 Å². The lowest BCUT2D eigenvalue weighted by atomic mass is 9.87. The van der Waals surface area contributed by atoms with Gasteiger partial charge in [0.1, 0.15) is 5.82 Å². The molecule has 0 bridgehead atoms. The van der Waals surface area contributed by atoms with Crippen LogP contribution >= 0.6 is 12.4 Å². The summed E-state index contributed by atoms with van der Waals surface area (Å²) in [6.07, 6.45) is 11.1. The lowest BCUT2D eigenvalue weighted by Gasteiger charge is -2.19. The molecule has 1 aliphatic carbocycles. The van der Waals surface area contributed by atoms with Gasteiger partial charge in [0.25, 0.3) is 0 Å². The van der Waals surface area contributed by atoms with Crippen LogP contribution in [0.3, 0.4) is 0 Å². The maximum atomic E-state index is 12.0. The van der Waals surface area contributed by atoms with E-state index in [4.69, 9.17) is 5.73 Å². The number of aromatic nitrogens is 2. The average Bonchev–Trinajstić information content (AvgIpc) is 2.89. The highest BCUT2D eigenvalue weighted by Crippen LogP contribution is 2.32. The maximum Gasteiger partial charge on any atom is 0.225 e. The van der Waals surface area contributed by atoms with Gasteiger partial charge in [0.15, 0.2) is 0 Å². The van der Waals surface area contributed by atoms with Gasteiger partial charge in [0, 0.05) is 25.5 Å². The number of unbranched alkanes of at least 4 members (excludes halogenated alkanes) is 3. The van der Waals surface area contributed by atoms with Crippen molar-refractivity contribution in [2.45, 2.75) is 70.1 Å². The Balaban J connectivity index is 0.00000264. The van der Waals surface area contributed by atoms with Crippen LogP contribution in [0.1, 0.15) is 75.8 Å². The molecule has 1 aromatic rings. The van der Waals surface area contributed by atoms with Crippen LogP contribution in [0, 0.1) is 0 Å². The molecule has 1 saturated carbocycles. The molecule has 0 aliphatic heterocycles. The van der Waals surface area contributed by atoms with Gasteiger partial charge < -0.3 is 11.1 Å². The number of rotatable bonds is 8. The topological polar surface area (TPSA) is 72.9 Å². The largest absolute Gasteiger partial charge is 0.330 e. The lowest BCUT2D eigenvalue weighted by Crippen LogP contribution is -2.13. The van der Waals surface area contributed by atoms with Crippen LogP contribution in [0.25, 0.3) is 0 Å². The fourth-order valence-electron chi connectivity index (χ4n) is 3.19. The number of nitrogens with one attached hydrogen (secondary N) is 1. The molecule has 0 aromatic carbocycles. The maximum absolute atomic E-state index is 12.0. The normalized spacial score (nSPS) is 15.2. The SMILES string of the molecule is Cl.Cn1nc(C2CCCCC2)cc1NC(=O)CCCCCCN. The third-order valence-corrected chi connectivity index (χ3v) is 4.55. The summed E-state index contributed by atoms with van der Waals surface area (Å²) in [5.41, 5.74) is 6.60. The molecule has 0 unspecified atom stereocenters. The van der Waals surface area contributed by atoms with E-state index < -0.39 is 0 Å². The van der Waals surface area contributed by atoms with Crippen molar-refractivity contribution in [1.82, 2.24) is 9.78 Å². The molecular weight excluding hydrogens is 312 g/mol. The molecule has 0 saturated heterocycles. The minimum Gasteiger partial charge on any atom is -0.330 e. The van der Waals surface area contributed by atoms with Crippen LogP contribution in [-0.2, 0) is 11.8 Å². The smallest absolute Gasteiger partial charge is 0.225 e. The van der Waals surface area contributed by atoms with Crippen molar-refractivity contribution in [2.24, 2.45) is 12.8 Å². The number of hydrogen-bond donors (Lipinski definition) is 2. The first-order valence-electron chi connectivity index (χ1n) is 8.74. The number of aryl methyl sites for hydroxylation is 1. The Morgan fingerprint density at radius 3 is 2.65 bits per heavy atom. The molecule has 1 aliphatic rings. The van der Waals surface area contributed by atoms with Crippen molar-refractivity contribution >= 4 is 24.1 Å². The van der Waals surface area contributed by atoms with Crippen molar-refractivity contribution in [3.05, 3.63) is 11.8 Å². The van der Waals surface area contributed by atoms with E-state index in [1.165, 1.54) is 32.1 Å². The van der Waals surface area contributed by atoms with Crippen molar-refractivity contribution in [1.29, 1.82) is 0 Å². The molecule has 3 N–H and O–H groups in total. The molecule has 2 rings (SSSR count). The first-order chi connectivity index (χ1) is 10.7. The second-order valence-corrected chi connectivity index (χ2v) is 6.41. The van der Waals surface area contributed by atoms with Gasteiger partial charge in [0.2, 0.25) is 5.91 Å². The lowest BCUT2D eigenvalue weighted by molar-refractivity contribution is -0.116. The third kappa shape index (κ3) is 6.51. The number of nitrogens with two attached hydrogens (primary N) is 1. The van der Waals surface area contributed by atoms with Crippen LogP contribution in [0.2, 0.25) is 0 Å². The van der Waals surface area contributed by atoms with Gasteiger partial charge in [-0.2, -0.15) is 5.10 Å². The standard InChI is InChI=1S/C17H30N4O.ClH/c1-21-16(19-17(22)11-7-2-3-8-12-18)13-15(20-21)14-9-5-4-6-10-14;/h13-14H,2-12,18H2,1H3,(H,19,22);1H. The Kier molecular flexibility index (Phi) is 9.26. The van der Waals surface area contributed by atoms with Crippen LogP contribution in [-0.4, -0.2) is 22.2 Å². The Morgan fingerprint density at radius 2 is 1.96 bits per heavy atom. The Morgan fingerprint density at radius 1 is 1.26 bits per heavy atom. The summed E-state index contributed by atoms with van der Waals surface area (Å²) in [7, 11) is 1.91. The fraction of sp³-hybridized carbons (Fsp3) is 0.765. The predicted octanol–water partition coefficient (Wildman–Crippen LogP) is 3.74. The van der Waals surface area contributed by atoms with Gasteiger partial charge in [-0.3, -0.25) is 9.48 Å². The molecule has 132 valence electrons. The van der Waals surface area contributed by atoms with E-state index in [-0.39, 0.29) is 18.3 Å². The molecule has 0 radical (unpaired) electrons. The van der Waals surface area contributed by atoms with Crippen LogP contribution < -0.4 is 11.1 Å². The molecule has 1 amide bonds. The van der Waals surface area contributed by atoms with E-state index in [0.717, 1.165) is 43.7 Å². The van der Waals surface area contributed by atoms with Crippen LogP contribution in [0.15, 0.2) is 6.07 Å². The number of carbonyl (C=O) groups is 1. The summed E-state index contributed by atoms with van der Waals surface area (Å²) >= 11 is 0. The quantitative estimate of drug-likeness (QED) is 0.707. The summed E-state index contributed by atoms with van der Waals surface area (Å²) in [5.74, 6) is 1.49. The first-order valence-corrected chi connectivity index (χ1v) is 8.74. The number of carbonyl (C=O) groups excluding carboxylic acids is 1. The second-order valence-electron chi connectivity index (χ2n) is 6.41. The molecule has 23 heavy (non-hydrogen) atoms. The van der Waals surface area contributed by atoms with Crippen molar-refractivity contribution in [2.75, 3.05) is 11.9 Å². The highest BCUT2D eigenvalue weighted by Gasteiger charge is 2.19. The van der Waals surface area contributed by atoms with Crippen LogP contribution in [0.5, 0.6) is 0 Å². The number of anilines is 1. The summed E-state index contributed by atoms with van der Waals surface area (Å²) in [4.78, 5) is 12.0. The van der Waals surface area contributed by atoms with Gasteiger partial charge in [-0.05, 0) is 32.2 Å². The molecule has 5 nitrogen and oxygen atoms in total. The van der Waals surface area contributed by atoms with Crippen molar-refractivity contribution < 1.29 is 4.79 Å². The van der Waals surface area contributed by atoms with E-state index in [9.17, 15) is 4.79 Å². The predicted molar refractivity (Wildman–Crippen MR) is 97.1 cm³/mol. The van der Waals surface area contributed by atoms with E-state index >= 15 is 0 Å². The van der Waals surface area contributed by atoms with Gasteiger partial charge in [-0.1, -0.05) is 32.1 Å². The molecule has 0 spiro atoms. The number of nitrogens with zero attached hydrogens (tertiary/aromatic N) is 2. The minimum absolute atomic E-state index is 0. The van der Waals surface area contributed by atoms with Crippen LogP contribution in [0.4, 0.5) is 5.82 Å². The zero-order valence-electron chi connectivity index (χ0n) is 14.2. The van der Waals surface area contributed by atoms with E-state index in [1.54, 1.807) is 4.68 Å². The van der Waals surface area contributed by atoms with Gasteiger partial charge in [-0.15, -0.1) is 12.4 Å². The number of amides is 1. The highest BCUT2D eigenvalue weighted by atomic mass is 35.5. The number of halogens is 1. The molecule has 6 heteroatoms. The average molecular weight is 343 g/mol. The van der Waals surface area contributed by atoms with Gasteiger partial charge in [-0.25, -0.2) is 0 Å². The molecule has 1 aromatic heterocycles. The molecular formula is C17H31ClN4O. The summed E-state index contributed by atoms with van der Waals surface area (Å²) in [6.45, 7) is 0.741. The third-order valence-electron chi connectivity index (χ3n) is 4.55. The minimum atomic E-state index is 0.